The van der Waals surface area contributed by atoms with Gasteiger partial charge in [-0.1, -0.05) is 0 Å². The van der Waals surface area contributed by atoms with Crippen molar-refractivity contribution in [1.29, 1.82) is 0 Å². The van der Waals surface area contributed by atoms with Gasteiger partial charge in [-0.25, -0.2) is 8.42 Å². The minimum Gasteiger partial charge on any atom is -0.739 e. The predicted molar refractivity (Wildman–Crippen MR) is 48.0 cm³/mol. The number of hydrogen-bond donors (Lipinski definition) is 0. The molecule has 0 N–H and O–H groups in total. The van der Waals surface area contributed by atoms with E-state index < -0.39 is 9.15 Å². The van der Waals surface area contributed by atoms with E-state index in [0.717, 1.165) is 6.42 Å². The van der Waals surface area contributed by atoms with E-state index in [-0.39, 0.29) is 41.2 Å². The van der Waals surface area contributed by atoms with Crippen LogP contribution in [0.2, 0.25) is 0 Å². The Balaban J connectivity index is 0.00000169. The van der Waals surface area contributed by atoms with Gasteiger partial charge < -0.3 is 9.45 Å². The second kappa shape index (κ2) is 6.34. The van der Waals surface area contributed by atoms with Crippen LogP contribution in [-0.2, 0) is 13.9 Å². The fraction of sp³-hybridized carbons (Fsp3) is 0.833. The molecule has 1 saturated heterocycles. The van der Waals surface area contributed by atoms with E-state index in [1.165, 1.54) is 0 Å². The summed E-state index contributed by atoms with van der Waals surface area (Å²) in [5, 5.41) is 0. The number of hydrogen-bond acceptors (Lipinski definition) is 5. The molecule has 0 aromatic carbocycles. The smallest absolute Gasteiger partial charge is 0.739 e. The van der Waals surface area contributed by atoms with Crippen molar-refractivity contribution in [3.63, 3.8) is 0 Å². The minimum atomic E-state index is -4.20. The Hall–Kier alpha value is 0.730. The van der Waals surface area contributed by atoms with Crippen LogP contribution in [0.1, 0.15) is 12.8 Å². The van der Waals surface area contributed by atoms with Gasteiger partial charge in [0.25, 0.3) is 0 Å². The summed E-state index contributed by atoms with van der Waals surface area (Å²) in [6, 6.07) is 0. The maximum absolute atomic E-state index is 11.0. The van der Waals surface area contributed by atoms with E-state index in [1.54, 1.807) is 4.90 Å². The van der Waals surface area contributed by atoms with Crippen LogP contribution < -0.4 is 29.6 Å². The van der Waals surface area contributed by atoms with Gasteiger partial charge in [-0.05, 0) is 17.2 Å². The largest absolute Gasteiger partial charge is 1.00 e. The van der Waals surface area contributed by atoms with Crippen LogP contribution in [0.25, 0.3) is 0 Å². The fourth-order valence-electron chi connectivity index (χ4n) is 1.19. The standard InChI is InChI=1S/C6H11NO4S2.Na/c8-6-2-1-3-7(6)4-5-12-13(9,10)11;/h1-5H2,(H,9,10,11);/q;+1/p-1. The third-order valence-electron chi connectivity index (χ3n) is 1.76. The van der Waals surface area contributed by atoms with Crippen LogP contribution in [0.3, 0.4) is 0 Å². The summed E-state index contributed by atoms with van der Waals surface area (Å²) in [5.74, 6) is 0.210. The first-order chi connectivity index (χ1) is 5.99. The molecule has 5 nitrogen and oxygen atoms in total. The van der Waals surface area contributed by atoms with Gasteiger partial charge in [-0.15, -0.1) is 0 Å². The van der Waals surface area contributed by atoms with Crippen molar-refractivity contribution < 1.29 is 47.3 Å². The molecule has 0 saturated carbocycles. The molecule has 76 valence electrons. The van der Waals surface area contributed by atoms with E-state index in [9.17, 15) is 17.8 Å². The number of carbonyl (C=O) groups excluding carboxylic acids is 1. The molecule has 1 aliphatic rings. The fourth-order valence-corrected chi connectivity index (χ4v) is 2.53. The summed E-state index contributed by atoms with van der Waals surface area (Å²) in [4.78, 5) is 12.6. The van der Waals surface area contributed by atoms with E-state index in [4.69, 9.17) is 0 Å². The van der Waals surface area contributed by atoms with Crippen LogP contribution in [0, 0.1) is 0 Å². The molecule has 0 aromatic heterocycles. The van der Waals surface area contributed by atoms with Gasteiger partial charge >= 0.3 is 29.6 Å². The maximum Gasteiger partial charge on any atom is 1.00 e. The Kier molecular flexibility index (Phi) is 6.67. The van der Waals surface area contributed by atoms with E-state index in [0.29, 0.717) is 30.3 Å². The molecule has 8 heteroatoms. The van der Waals surface area contributed by atoms with Crippen molar-refractivity contribution >= 4 is 25.9 Å². The molecule has 14 heavy (non-hydrogen) atoms. The van der Waals surface area contributed by atoms with Crippen molar-refractivity contribution in [3.8, 4) is 0 Å². The molecule has 1 amide bonds. The summed E-state index contributed by atoms with van der Waals surface area (Å²) in [6.07, 6.45) is 1.36. The summed E-state index contributed by atoms with van der Waals surface area (Å²) >= 11 is 0. The van der Waals surface area contributed by atoms with Crippen molar-refractivity contribution in [2.45, 2.75) is 12.8 Å². The third kappa shape index (κ3) is 5.57. The molecule has 0 spiro atoms. The number of likely N-dealkylation sites (tertiary alicyclic amines) is 1. The van der Waals surface area contributed by atoms with Crippen molar-refractivity contribution in [2.24, 2.45) is 0 Å². The Morgan fingerprint density at radius 3 is 2.57 bits per heavy atom. The SMILES string of the molecule is O=C1CCCN1CCSS(=O)(=O)[O-].[Na+]. The molecular formula is C6H10NNaO4S2. The molecule has 0 aliphatic carbocycles. The van der Waals surface area contributed by atoms with Gasteiger partial charge in [0.15, 0.2) is 0 Å². The second-order valence-corrected chi connectivity index (χ2v) is 6.11. The van der Waals surface area contributed by atoms with Gasteiger partial charge in [-0.3, -0.25) is 4.79 Å². The van der Waals surface area contributed by atoms with Crippen LogP contribution in [-0.4, -0.2) is 42.6 Å². The minimum absolute atomic E-state index is 0. The number of carbonyl (C=O) groups is 1. The van der Waals surface area contributed by atoms with Crippen molar-refractivity contribution in [2.75, 3.05) is 18.8 Å². The summed E-state index contributed by atoms with van der Waals surface area (Å²) in [5.41, 5.74) is 0. The van der Waals surface area contributed by atoms with Crippen LogP contribution in [0.4, 0.5) is 0 Å². The molecule has 0 aromatic rings. The second-order valence-electron chi connectivity index (χ2n) is 2.71. The zero-order valence-corrected chi connectivity index (χ0v) is 11.6. The summed E-state index contributed by atoms with van der Waals surface area (Å²) in [7, 11) is -3.86. The van der Waals surface area contributed by atoms with Crippen LogP contribution in [0.5, 0.6) is 0 Å². The summed E-state index contributed by atoms with van der Waals surface area (Å²) in [6.45, 7) is 1.03. The first-order valence-electron chi connectivity index (χ1n) is 3.87. The third-order valence-corrected chi connectivity index (χ3v) is 3.76. The van der Waals surface area contributed by atoms with Gasteiger partial charge in [0.1, 0.15) is 9.15 Å². The normalized spacial score (nSPS) is 16.9. The van der Waals surface area contributed by atoms with Crippen LogP contribution in [0.15, 0.2) is 0 Å². The first kappa shape index (κ1) is 14.7. The van der Waals surface area contributed by atoms with Gasteiger partial charge in [0.2, 0.25) is 5.91 Å². The molecule has 1 rings (SSSR count). The van der Waals surface area contributed by atoms with Gasteiger partial charge in [0, 0.05) is 25.3 Å². The van der Waals surface area contributed by atoms with Crippen molar-refractivity contribution in [1.82, 2.24) is 4.90 Å². The van der Waals surface area contributed by atoms with E-state index in [1.807, 2.05) is 0 Å². The average Bonchev–Trinajstić information content (AvgIpc) is 2.34. The quantitative estimate of drug-likeness (QED) is 0.297. The topological polar surface area (TPSA) is 77.5 Å². The van der Waals surface area contributed by atoms with Crippen LogP contribution >= 0.6 is 10.8 Å². The Morgan fingerprint density at radius 1 is 1.50 bits per heavy atom. The molecule has 1 aliphatic heterocycles. The number of nitrogens with zero attached hydrogens (tertiary/aromatic N) is 1. The molecular weight excluding hydrogens is 237 g/mol. The monoisotopic (exact) mass is 247 g/mol. The zero-order valence-electron chi connectivity index (χ0n) is 7.93. The van der Waals surface area contributed by atoms with Crippen molar-refractivity contribution in [3.05, 3.63) is 0 Å². The Labute approximate surface area is 109 Å². The first-order valence-corrected chi connectivity index (χ1v) is 6.78. The molecule has 0 bridgehead atoms. The van der Waals surface area contributed by atoms with Gasteiger partial charge in [0.05, 0.1) is 0 Å². The maximum atomic E-state index is 11.0. The molecule has 0 radical (unpaired) electrons. The molecule has 1 fully saturated rings. The summed E-state index contributed by atoms with van der Waals surface area (Å²) < 4.78 is 30.6. The predicted octanol–water partition coefficient (Wildman–Crippen LogP) is -3.19. The number of amides is 1. The molecule has 1 heterocycles. The molecule has 0 atom stereocenters. The average molecular weight is 247 g/mol. The van der Waals surface area contributed by atoms with Gasteiger partial charge in [-0.2, -0.15) is 0 Å². The Morgan fingerprint density at radius 2 is 2.14 bits per heavy atom. The zero-order chi connectivity index (χ0) is 9.90. The van der Waals surface area contributed by atoms with E-state index >= 15 is 0 Å². The van der Waals surface area contributed by atoms with E-state index in [2.05, 4.69) is 0 Å². The Bertz CT molecular complexity index is 292. The number of rotatable bonds is 4. The molecule has 0 unspecified atom stereocenters.